The average Bonchev–Trinajstić information content (AvgIpc) is 2.47. The number of esters is 2. The number of carbonyl (C=O) groups excluding carboxylic acids is 2. The highest BCUT2D eigenvalue weighted by atomic mass is 16.5. The Morgan fingerprint density at radius 3 is 2.20 bits per heavy atom. The summed E-state index contributed by atoms with van der Waals surface area (Å²) in [5.41, 5.74) is 0.792. The van der Waals surface area contributed by atoms with Crippen LogP contribution in [0, 0.1) is 0 Å². The Morgan fingerprint density at radius 1 is 1.05 bits per heavy atom. The van der Waals surface area contributed by atoms with E-state index < -0.39 is 5.97 Å². The van der Waals surface area contributed by atoms with Gasteiger partial charge in [0.15, 0.2) is 0 Å². The number of hydrogen-bond donors (Lipinski definition) is 0. The molecule has 0 aromatic heterocycles. The number of unbranched alkanes of at least 4 members (excludes halogenated alkanes) is 3. The molecular formula is C16H20O4. The highest BCUT2D eigenvalue weighted by Gasteiger charge is 2.10. The van der Waals surface area contributed by atoms with Crippen molar-refractivity contribution in [2.45, 2.75) is 32.6 Å². The standard InChI is InChI=1S/C16H20O4/c1-3-5-6-7-12-20-16(18)14-10-8-13(9-11-14)15(17)19-4-2/h4,8-11H,2-3,5-7,12H2,1H3. The number of rotatable bonds is 8. The van der Waals surface area contributed by atoms with Crippen LogP contribution in [0.25, 0.3) is 0 Å². The minimum Gasteiger partial charge on any atom is -0.462 e. The minimum absolute atomic E-state index is 0.365. The molecule has 1 rings (SSSR count). The van der Waals surface area contributed by atoms with Gasteiger partial charge in [0.05, 0.1) is 24.0 Å². The molecule has 0 bridgehead atoms. The molecular weight excluding hydrogens is 256 g/mol. The van der Waals surface area contributed by atoms with Crippen LogP contribution < -0.4 is 0 Å². The van der Waals surface area contributed by atoms with Gasteiger partial charge in [-0.25, -0.2) is 9.59 Å². The van der Waals surface area contributed by atoms with Crippen molar-refractivity contribution in [3.8, 4) is 0 Å². The molecule has 1 aromatic rings. The van der Waals surface area contributed by atoms with E-state index in [0.29, 0.717) is 17.7 Å². The fourth-order valence-electron chi connectivity index (χ4n) is 1.66. The Morgan fingerprint density at radius 2 is 1.65 bits per heavy atom. The van der Waals surface area contributed by atoms with Gasteiger partial charge in [-0.3, -0.25) is 0 Å². The second-order valence-electron chi connectivity index (χ2n) is 4.35. The summed E-state index contributed by atoms with van der Waals surface area (Å²) in [5.74, 6) is -0.871. The second kappa shape index (κ2) is 8.91. The van der Waals surface area contributed by atoms with Crippen LogP contribution in [0.5, 0.6) is 0 Å². The molecule has 0 fully saturated rings. The summed E-state index contributed by atoms with van der Waals surface area (Å²) < 4.78 is 9.79. The topological polar surface area (TPSA) is 52.6 Å². The van der Waals surface area contributed by atoms with Gasteiger partial charge in [0.25, 0.3) is 0 Å². The smallest absolute Gasteiger partial charge is 0.342 e. The molecule has 0 saturated heterocycles. The molecule has 0 radical (unpaired) electrons. The van der Waals surface area contributed by atoms with Gasteiger partial charge in [0.2, 0.25) is 0 Å². The van der Waals surface area contributed by atoms with E-state index in [0.717, 1.165) is 31.9 Å². The highest BCUT2D eigenvalue weighted by Crippen LogP contribution is 2.08. The fourth-order valence-corrected chi connectivity index (χ4v) is 1.66. The van der Waals surface area contributed by atoms with Crippen LogP contribution in [0.3, 0.4) is 0 Å². The zero-order valence-electron chi connectivity index (χ0n) is 11.8. The van der Waals surface area contributed by atoms with Gasteiger partial charge in [-0.05, 0) is 30.7 Å². The van der Waals surface area contributed by atoms with Gasteiger partial charge in [-0.15, -0.1) is 0 Å². The van der Waals surface area contributed by atoms with Crippen LogP contribution in [-0.2, 0) is 9.47 Å². The zero-order chi connectivity index (χ0) is 14.8. The summed E-state index contributed by atoms with van der Waals surface area (Å²) in [6, 6.07) is 6.15. The molecule has 0 unspecified atom stereocenters. The van der Waals surface area contributed by atoms with Crippen molar-refractivity contribution in [2.24, 2.45) is 0 Å². The quantitative estimate of drug-likeness (QED) is 0.412. The molecule has 4 heteroatoms. The van der Waals surface area contributed by atoms with Gasteiger partial charge < -0.3 is 9.47 Å². The van der Waals surface area contributed by atoms with Crippen molar-refractivity contribution < 1.29 is 19.1 Å². The van der Waals surface area contributed by atoms with Crippen LogP contribution in [0.2, 0.25) is 0 Å². The summed E-state index contributed by atoms with van der Waals surface area (Å²) in [7, 11) is 0. The predicted molar refractivity (Wildman–Crippen MR) is 76.5 cm³/mol. The largest absolute Gasteiger partial charge is 0.462 e. The van der Waals surface area contributed by atoms with Crippen LogP contribution in [0.1, 0.15) is 53.3 Å². The van der Waals surface area contributed by atoms with Gasteiger partial charge in [0.1, 0.15) is 0 Å². The maximum atomic E-state index is 11.7. The SMILES string of the molecule is C=COC(=O)c1ccc(C(=O)OCCCCCC)cc1. The van der Waals surface area contributed by atoms with Crippen LogP contribution >= 0.6 is 0 Å². The van der Waals surface area contributed by atoms with E-state index in [1.165, 1.54) is 12.1 Å². The summed E-state index contributed by atoms with van der Waals surface area (Å²) in [5, 5.41) is 0. The Balaban J connectivity index is 2.45. The van der Waals surface area contributed by atoms with E-state index in [2.05, 4.69) is 18.2 Å². The average molecular weight is 276 g/mol. The second-order valence-corrected chi connectivity index (χ2v) is 4.35. The molecule has 0 aliphatic rings. The third-order valence-corrected chi connectivity index (χ3v) is 2.78. The fraction of sp³-hybridized carbons (Fsp3) is 0.375. The van der Waals surface area contributed by atoms with E-state index in [1.807, 2.05) is 0 Å². The lowest BCUT2D eigenvalue weighted by Crippen LogP contribution is -2.07. The number of hydrogen-bond acceptors (Lipinski definition) is 4. The Labute approximate surface area is 119 Å². The molecule has 4 nitrogen and oxygen atoms in total. The molecule has 0 amide bonds. The third-order valence-electron chi connectivity index (χ3n) is 2.78. The van der Waals surface area contributed by atoms with E-state index in [1.54, 1.807) is 12.1 Å². The van der Waals surface area contributed by atoms with Crippen molar-refractivity contribution in [3.05, 3.63) is 48.2 Å². The van der Waals surface area contributed by atoms with Crippen LogP contribution in [-0.4, -0.2) is 18.5 Å². The van der Waals surface area contributed by atoms with Crippen molar-refractivity contribution in [1.29, 1.82) is 0 Å². The van der Waals surface area contributed by atoms with Crippen LogP contribution in [0.4, 0.5) is 0 Å². The Hall–Kier alpha value is -2.10. The van der Waals surface area contributed by atoms with Crippen LogP contribution in [0.15, 0.2) is 37.1 Å². The Kier molecular flexibility index (Phi) is 7.11. The lowest BCUT2D eigenvalue weighted by molar-refractivity contribution is 0.0496. The summed E-state index contributed by atoms with van der Waals surface area (Å²) in [6.45, 7) is 5.87. The lowest BCUT2D eigenvalue weighted by Gasteiger charge is -2.05. The highest BCUT2D eigenvalue weighted by molar-refractivity contribution is 5.93. The van der Waals surface area contributed by atoms with Crippen molar-refractivity contribution in [3.63, 3.8) is 0 Å². The number of ether oxygens (including phenoxy) is 2. The molecule has 20 heavy (non-hydrogen) atoms. The minimum atomic E-state index is -0.500. The maximum Gasteiger partial charge on any atom is 0.342 e. The number of benzene rings is 1. The normalized spacial score (nSPS) is 9.85. The first-order valence-electron chi connectivity index (χ1n) is 6.78. The van der Waals surface area contributed by atoms with E-state index in [9.17, 15) is 9.59 Å². The monoisotopic (exact) mass is 276 g/mol. The zero-order valence-corrected chi connectivity index (χ0v) is 11.8. The number of carbonyl (C=O) groups is 2. The van der Waals surface area contributed by atoms with E-state index in [-0.39, 0.29) is 5.97 Å². The van der Waals surface area contributed by atoms with Gasteiger partial charge in [-0.2, -0.15) is 0 Å². The molecule has 0 spiro atoms. The van der Waals surface area contributed by atoms with Crippen molar-refractivity contribution in [2.75, 3.05) is 6.61 Å². The molecule has 0 heterocycles. The molecule has 0 saturated carbocycles. The lowest BCUT2D eigenvalue weighted by atomic mass is 10.1. The van der Waals surface area contributed by atoms with E-state index in [4.69, 9.17) is 4.74 Å². The summed E-state index contributed by atoms with van der Waals surface area (Å²) in [6.07, 6.45) is 5.31. The first-order valence-corrected chi connectivity index (χ1v) is 6.78. The van der Waals surface area contributed by atoms with Gasteiger partial charge >= 0.3 is 11.9 Å². The van der Waals surface area contributed by atoms with E-state index >= 15 is 0 Å². The first-order chi connectivity index (χ1) is 9.69. The molecule has 0 atom stereocenters. The molecule has 0 N–H and O–H groups in total. The molecule has 1 aromatic carbocycles. The summed E-state index contributed by atoms with van der Waals surface area (Å²) in [4.78, 5) is 23.1. The Bertz CT molecular complexity index is 448. The third kappa shape index (κ3) is 5.26. The van der Waals surface area contributed by atoms with Gasteiger partial charge in [0, 0.05) is 0 Å². The molecule has 0 aliphatic carbocycles. The van der Waals surface area contributed by atoms with Gasteiger partial charge in [-0.1, -0.05) is 32.8 Å². The first kappa shape index (κ1) is 16.0. The predicted octanol–water partition coefficient (Wildman–Crippen LogP) is 3.72. The van der Waals surface area contributed by atoms with Crippen molar-refractivity contribution >= 4 is 11.9 Å². The molecule has 108 valence electrons. The van der Waals surface area contributed by atoms with Crippen molar-refractivity contribution in [1.82, 2.24) is 0 Å². The maximum absolute atomic E-state index is 11.7. The molecule has 0 aliphatic heterocycles. The summed E-state index contributed by atoms with van der Waals surface area (Å²) >= 11 is 0.